The first kappa shape index (κ1) is 12.5. The van der Waals surface area contributed by atoms with Crippen LogP contribution in [0.15, 0.2) is 48.5 Å². The summed E-state index contributed by atoms with van der Waals surface area (Å²) >= 11 is 4.87. The summed E-state index contributed by atoms with van der Waals surface area (Å²) in [5, 5.41) is 0. The van der Waals surface area contributed by atoms with Gasteiger partial charge in [0.25, 0.3) is 0 Å². The van der Waals surface area contributed by atoms with Crippen LogP contribution >= 0.6 is 12.2 Å². The lowest BCUT2D eigenvalue weighted by Gasteiger charge is -2.06. The predicted molar refractivity (Wildman–Crippen MR) is 73.1 cm³/mol. The average Bonchev–Trinajstić information content (AvgIpc) is 2.38. The van der Waals surface area contributed by atoms with Gasteiger partial charge in [-0.3, -0.25) is 0 Å². The molecule has 4 heteroatoms. The quantitative estimate of drug-likeness (QED) is 0.859. The summed E-state index contributed by atoms with van der Waals surface area (Å²) in [6, 6.07) is 13.4. The molecule has 0 unspecified atom stereocenters. The fourth-order valence-corrected chi connectivity index (χ4v) is 1.60. The monoisotopic (exact) mass is 261 g/mol. The van der Waals surface area contributed by atoms with Crippen molar-refractivity contribution < 1.29 is 9.13 Å². The van der Waals surface area contributed by atoms with Gasteiger partial charge in [-0.2, -0.15) is 0 Å². The number of hydrogen-bond donors (Lipinski definition) is 1. The van der Waals surface area contributed by atoms with Gasteiger partial charge in [0.05, 0.1) is 0 Å². The van der Waals surface area contributed by atoms with Crippen LogP contribution in [0.1, 0.15) is 11.1 Å². The maximum Gasteiger partial charge on any atom is 0.123 e. The van der Waals surface area contributed by atoms with E-state index in [1.807, 2.05) is 24.3 Å². The van der Waals surface area contributed by atoms with Crippen LogP contribution in [-0.2, 0) is 6.61 Å². The van der Waals surface area contributed by atoms with E-state index in [4.69, 9.17) is 22.7 Å². The smallest absolute Gasteiger partial charge is 0.123 e. The molecule has 18 heavy (non-hydrogen) atoms. The first-order valence-electron chi connectivity index (χ1n) is 5.42. The molecular weight excluding hydrogens is 249 g/mol. The van der Waals surface area contributed by atoms with Gasteiger partial charge in [-0.25, -0.2) is 4.39 Å². The Balaban J connectivity index is 1.97. The van der Waals surface area contributed by atoms with E-state index in [-0.39, 0.29) is 5.82 Å². The molecule has 0 aliphatic rings. The Morgan fingerprint density at radius 3 is 2.22 bits per heavy atom. The van der Waals surface area contributed by atoms with E-state index in [2.05, 4.69) is 0 Å². The van der Waals surface area contributed by atoms with Crippen molar-refractivity contribution in [2.75, 3.05) is 0 Å². The summed E-state index contributed by atoms with van der Waals surface area (Å²) in [5.41, 5.74) is 7.34. The van der Waals surface area contributed by atoms with Gasteiger partial charge in [0.1, 0.15) is 23.2 Å². The Hall–Kier alpha value is -1.94. The molecule has 0 aromatic heterocycles. The molecule has 0 fully saturated rings. The number of nitrogens with two attached hydrogens (primary N) is 1. The molecule has 92 valence electrons. The summed E-state index contributed by atoms with van der Waals surface area (Å²) in [4.78, 5) is 0.376. The van der Waals surface area contributed by atoms with Crippen molar-refractivity contribution in [3.8, 4) is 5.75 Å². The largest absolute Gasteiger partial charge is 0.489 e. The minimum atomic E-state index is -0.275. The summed E-state index contributed by atoms with van der Waals surface area (Å²) < 4.78 is 18.2. The lowest BCUT2D eigenvalue weighted by Crippen LogP contribution is -2.09. The van der Waals surface area contributed by atoms with Crippen molar-refractivity contribution in [1.29, 1.82) is 0 Å². The number of halogens is 1. The predicted octanol–water partition coefficient (Wildman–Crippen LogP) is 3.04. The van der Waals surface area contributed by atoms with E-state index < -0.39 is 0 Å². The number of hydrogen-bond acceptors (Lipinski definition) is 2. The standard InChI is InChI=1S/C14H12FNOS/c15-12-5-7-13(8-6-12)17-9-10-1-3-11(4-2-10)14(16)18/h1-8H,9H2,(H2,16,18). The summed E-state index contributed by atoms with van der Waals surface area (Å²) in [7, 11) is 0. The number of rotatable bonds is 4. The first-order chi connectivity index (χ1) is 8.65. The SMILES string of the molecule is NC(=S)c1ccc(COc2ccc(F)cc2)cc1. The topological polar surface area (TPSA) is 35.2 Å². The number of benzene rings is 2. The van der Waals surface area contributed by atoms with Crippen LogP contribution in [0.2, 0.25) is 0 Å². The molecule has 0 spiro atoms. The van der Waals surface area contributed by atoms with Gasteiger partial charge < -0.3 is 10.5 Å². The normalized spacial score (nSPS) is 10.1. The molecule has 0 atom stereocenters. The number of thiocarbonyl (C=S) groups is 1. The second-order valence-electron chi connectivity index (χ2n) is 3.80. The molecule has 0 aliphatic carbocycles. The molecule has 0 amide bonds. The molecule has 2 nitrogen and oxygen atoms in total. The van der Waals surface area contributed by atoms with Crippen molar-refractivity contribution in [2.24, 2.45) is 5.73 Å². The molecular formula is C14H12FNOS. The van der Waals surface area contributed by atoms with E-state index in [1.54, 1.807) is 12.1 Å². The maximum atomic E-state index is 12.7. The molecule has 0 aliphatic heterocycles. The highest BCUT2D eigenvalue weighted by Crippen LogP contribution is 2.13. The van der Waals surface area contributed by atoms with Crippen LogP contribution in [-0.4, -0.2) is 4.99 Å². The third kappa shape index (κ3) is 3.28. The highest BCUT2D eigenvalue weighted by molar-refractivity contribution is 7.80. The third-order valence-corrected chi connectivity index (χ3v) is 2.69. The molecule has 0 heterocycles. The van der Waals surface area contributed by atoms with Crippen LogP contribution in [0, 0.1) is 5.82 Å². The van der Waals surface area contributed by atoms with Gasteiger partial charge in [-0.1, -0.05) is 36.5 Å². The minimum Gasteiger partial charge on any atom is -0.489 e. The number of ether oxygens (including phenoxy) is 1. The molecule has 0 saturated heterocycles. The lowest BCUT2D eigenvalue weighted by molar-refractivity contribution is 0.306. The highest BCUT2D eigenvalue weighted by Gasteiger charge is 1.99. The van der Waals surface area contributed by atoms with E-state index in [0.29, 0.717) is 17.3 Å². The first-order valence-corrected chi connectivity index (χ1v) is 5.83. The summed E-state index contributed by atoms with van der Waals surface area (Å²) in [6.07, 6.45) is 0. The minimum absolute atomic E-state index is 0.275. The van der Waals surface area contributed by atoms with E-state index in [1.165, 1.54) is 12.1 Å². The Kier molecular flexibility index (Phi) is 3.89. The van der Waals surface area contributed by atoms with Crippen molar-refractivity contribution in [1.82, 2.24) is 0 Å². The van der Waals surface area contributed by atoms with Crippen LogP contribution in [0.4, 0.5) is 4.39 Å². The van der Waals surface area contributed by atoms with E-state index in [0.717, 1.165) is 11.1 Å². The highest BCUT2D eigenvalue weighted by atomic mass is 32.1. The van der Waals surface area contributed by atoms with Gasteiger partial charge in [0.2, 0.25) is 0 Å². The maximum absolute atomic E-state index is 12.7. The van der Waals surface area contributed by atoms with Crippen molar-refractivity contribution in [2.45, 2.75) is 6.61 Å². The Bertz CT molecular complexity index is 537. The van der Waals surface area contributed by atoms with Gasteiger partial charge >= 0.3 is 0 Å². The van der Waals surface area contributed by atoms with Crippen LogP contribution in [0.25, 0.3) is 0 Å². The van der Waals surface area contributed by atoms with Crippen LogP contribution in [0.3, 0.4) is 0 Å². The fraction of sp³-hybridized carbons (Fsp3) is 0.0714. The fourth-order valence-electron chi connectivity index (χ4n) is 1.46. The van der Waals surface area contributed by atoms with Gasteiger partial charge in [0, 0.05) is 5.56 Å². The molecule has 0 bridgehead atoms. The Morgan fingerprint density at radius 2 is 1.67 bits per heavy atom. The molecule has 2 aromatic rings. The third-order valence-electron chi connectivity index (χ3n) is 2.46. The van der Waals surface area contributed by atoms with E-state index in [9.17, 15) is 4.39 Å². The molecule has 0 saturated carbocycles. The lowest BCUT2D eigenvalue weighted by atomic mass is 10.1. The van der Waals surface area contributed by atoms with E-state index >= 15 is 0 Å². The second kappa shape index (κ2) is 5.60. The Morgan fingerprint density at radius 1 is 1.06 bits per heavy atom. The summed E-state index contributed by atoms with van der Waals surface area (Å²) in [5.74, 6) is 0.359. The molecule has 0 radical (unpaired) electrons. The van der Waals surface area contributed by atoms with Crippen LogP contribution < -0.4 is 10.5 Å². The average molecular weight is 261 g/mol. The van der Waals surface area contributed by atoms with Crippen LogP contribution in [0.5, 0.6) is 5.75 Å². The Labute approximate surface area is 110 Å². The zero-order valence-electron chi connectivity index (χ0n) is 9.60. The van der Waals surface area contributed by atoms with Gasteiger partial charge in [0.15, 0.2) is 0 Å². The van der Waals surface area contributed by atoms with Crippen molar-refractivity contribution >= 4 is 17.2 Å². The molecule has 2 aromatic carbocycles. The molecule has 2 N–H and O–H groups in total. The summed E-state index contributed by atoms with van der Waals surface area (Å²) in [6.45, 7) is 0.420. The van der Waals surface area contributed by atoms with Crippen molar-refractivity contribution in [3.05, 3.63) is 65.5 Å². The van der Waals surface area contributed by atoms with Crippen molar-refractivity contribution in [3.63, 3.8) is 0 Å². The second-order valence-corrected chi connectivity index (χ2v) is 4.24. The van der Waals surface area contributed by atoms with Gasteiger partial charge in [-0.15, -0.1) is 0 Å². The molecule has 2 rings (SSSR count). The zero-order valence-corrected chi connectivity index (χ0v) is 10.4. The zero-order chi connectivity index (χ0) is 13.0. The van der Waals surface area contributed by atoms with Gasteiger partial charge in [-0.05, 0) is 29.8 Å².